The number of hydrogen-bond donors (Lipinski definition) is 0. The van der Waals surface area contributed by atoms with Crippen molar-refractivity contribution in [2.24, 2.45) is 0 Å². The van der Waals surface area contributed by atoms with Crippen molar-refractivity contribution in [1.29, 1.82) is 0 Å². The molecule has 2 heteroatoms. The molecule has 36 heavy (non-hydrogen) atoms. The van der Waals surface area contributed by atoms with Crippen molar-refractivity contribution in [2.45, 2.75) is 155 Å². The van der Waals surface area contributed by atoms with Crippen LogP contribution in [0, 0.1) is 0 Å². The maximum atomic E-state index is 2.57. The van der Waals surface area contributed by atoms with E-state index in [1.54, 1.807) is 28.2 Å². The molecule has 0 amide bonds. The van der Waals surface area contributed by atoms with Gasteiger partial charge in [-0.3, -0.25) is 0 Å². The first kappa shape index (κ1) is 30.3. The summed E-state index contributed by atoms with van der Waals surface area (Å²) in [6.07, 6.45) is 31.5. The van der Waals surface area contributed by atoms with E-state index in [9.17, 15) is 0 Å². The summed E-state index contributed by atoms with van der Waals surface area (Å²) < 4.78 is 6.83. The molecule has 0 saturated heterocycles. The third-order valence-electron chi connectivity index (χ3n) is 7.81. The van der Waals surface area contributed by atoms with E-state index in [1.807, 2.05) is 0 Å². The fraction of sp³-hybridized carbons (Fsp3) is 0.706. The van der Waals surface area contributed by atoms with Gasteiger partial charge in [0.25, 0.3) is 0 Å². The predicted molar refractivity (Wildman–Crippen MR) is 166 cm³/mol. The van der Waals surface area contributed by atoms with Crippen LogP contribution in [0.2, 0.25) is 0 Å². The van der Waals surface area contributed by atoms with Gasteiger partial charge in [-0.05, 0) is 0 Å². The molecule has 0 bridgehead atoms. The molecule has 0 fully saturated rings. The van der Waals surface area contributed by atoms with E-state index >= 15 is 0 Å². The quantitative estimate of drug-likeness (QED) is 0.0774. The number of benzene rings is 1. The average molecular weight is 621 g/mol. The zero-order valence-electron chi connectivity index (χ0n) is 23.7. The van der Waals surface area contributed by atoms with Crippen molar-refractivity contribution in [3.8, 4) is 0 Å². The molecule has 0 spiro atoms. The minimum atomic E-state index is 0.587. The molecule has 0 nitrogen and oxygen atoms in total. The van der Waals surface area contributed by atoms with Crippen molar-refractivity contribution in [2.75, 3.05) is 0 Å². The molecule has 0 aliphatic heterocycles. The van der Waals surface area contributed by atoms with Crippen LogP contribution < -0.4 is 0 Å². The Hall–Kier alpha value is -0.261. The summed E-state index contributed by atoms with van der Waals surface area (Å²) in [7, 11) is 0. The summed E-state index contributed by atoms with van der Waals surface area (Å²) in [5.41, 5.74) is 0. The Kier molecular flexibility index (Phi) is 15.9. The predicted octanol–water partition coefficient (Wildman–Crippen LogP) is 11.0. The molecule has 0 unspecified atom stereocenters. The zero-order valence-corrected chi connectivity index (χ0v) is 27.1. The fourth-order valence-electron chi connectivity index (χ4n) is 5.50. The Balaban J connectivity index is 1.30. The van der Waals surface area contributed by atoms with Gasteiger partial charge >= 0.3 is 223 Å². The van der Waals surface area contributed by atoms with Crippen molar-refractivity contribution in [3.05, 3.63) is 33.1 Å². The second-order valence-electron chi connectivity index (χ2n) is 11.2. The third-order valence-corrected chi connectivity index (χ3v) is 12.7. The summed E-state index contributed by atoms with van der Waals surface area (Å²) in [4.78, 5) is 0. The van der Waals surface area contributed by atoms with Crippen LogP contribution in [0.25, 0.3) is 19.3 Å². The van der Waals surface area contributed by atoms with Crippen LogP contribution in [0.3, 0.4) is 0 Å². The van der Waals surface area contributed by atoms with E-state index in [-0.39, 0.29) is 0 Å². The van der Waals surface area contributed by atoms with E-state index < -0.39 is 0 Å². The first-order valence-electron chi connectivity index (χ1n) is 15.7. The first-order valence-corrected chi connectivity index (χ1v) is 19.2. The molecule has 0 atom stereocenters. The standard InChI is InChI=1S/C34H54Se2/c1-3-5-7-9-11-13-15-17-19-21-23-31-25-29-27-34-30(28-33(29)35-31)26-32(36-34)24-22-20-18-16-14-12-10-8-6-4-2/h25-28H,3-24H2,1-2H3. The van der Waals surface area contributed by atoms with Gasteiger partial charge in [-0.25, -0.2) is 0 Å². The molecule has 0 saturated carbocycles. The van der Waals surface area contributed by atoms with Gasteiger partial charge in [0.2, 0.25) is 0 Å². The molecular weight excluding hydrogens is 566 g/mol. The number of unbranched alkanes of at least 4 members (excludes halogenated alkanes) is 18. The Morgan fingerprint density at radius 1 is 0.389 bits per heavy atom. The van der Waals surface area contributed by atoms with E-state index in [1.165, 1.54) is 141 Å². The average Bonchev–Trinajstić information content (AvgIpc) is 3.46. The van der Waals surface area contributed by atoms with Gasteiger partial charge in [-0.1, -0.05) is 13.8 Å². The Morgan fingerprint density at radius 2 is 0.694 bits per heavy atom. The Labute approximate surface area is 235 Å². The molecule has 1 aromatic carbocycles. The SMILES string of the molecule is CCCCCCCCCCCCc1cc2cc3[se]c(CCCCCCCCCCCC)cc3cc2[se]1. The van der Waals surface area contributed by atoms with Crippen LogP contribution in [-0.2, 0) is 12.8 Å². The molecule has 0 N–H and O–H groups in total. The molecular formula is C34H54Se2. The molecule has 202 valence electrons. The Bertz CT molecular complexity index is 822. The zero-order chi connectivity index (χ0) is 25.3. The molecule has 2 heterocycles. The normalized spacial score (nSPS) is 11.8. The van der Waals surface area contributed by atoms with Gasteiger partial charge in [-0.15, -0.1) is 0 Å². The number of hydrogen-bond acceptors (Lipinski definition) is 0. The topological polar surface area (TPSA) is 0 Å². The number of fused-ring (bicyclic) bond motifs is 2. The summed E-state index contributed by atoms with van der Waals surface area (Å²) >= 11 is 1.17. The maximum absolute atomic E-state index is 2.57. The first-order chi connectivity index (χ1) is 17.8. The number of aryl methyl sites for hydroxylation is 2. The van der Waals surface area contributed by atoms with Gasteiger partial charge in [0.1, 0.15) is 0 Å². The van der Waals surface area contributed by atoms with Crippen molar-refractivity contribution >= 4 is 48.3 Å². The van der Waals surface area contributed by atoms with Gasteiger partial charge in [-0.2, -0.15) is 0 Å². The number of rotatable bonds is 22. The van der Waals surface area contributed by atoms with Gasteiger partial charge < -0.3 is 0 Å². The van der Waals surface area contributed by atoms with Crippen molar-refractivity contribution in [1.82, 2.24) is 0 Å². The van der Waals surface area contributed by atoms with Crippen LogP contribution in [0.1, 0.15) is 151 Å². The van der Waals surface area contributed by atoms with Gasteiger partial charge in [0.05, 0.1) is 0 Å². The fourth-order valence-corrected chi connectivity index (χ4v) is 10.3. The second kappa shape index (κ2) is 18.9. The summed E-state index contributed by atoms with van der Waals surface area (Å²) in [6, 6.07) is 10.3. The molecule has 0 radical (unpaired) electrons. The van der Waals surface area contributed by atoms with Gasteiger partial charge in [0, 0.05) is 0 Å². The summed E-state index contributed by atoms with van der Waals surface area (Å²) in [6.45, 7) is 4.61. The van der Waals surface area contributed by atoms with Crippen LogP contribution in [-0.4, -0.2) is 29.0 Å². The molecule has 0 aliphatic rings. The van der Waals surface area contributed by atoms with Crippen LogP contribution >= 0.6 is 0 Å². The summed E-state index contributed by atoms with van der Waals surface area (Å²) in [5, 5.41) is 3.15. The van der Waals surface area contributed by atoms with E-state index in [0.717, 1.165) is 0 Å². The van der Waals surface area contributed by atoms with Crippen LogP contribution in [0.5, 0.6) is 0 Å². The van der Waals surface area contributed by atoms with E-state index in [2.05, 4.69) is 38.1 Å². The third kappa shape index (κ3) is 11.6. The molecule has 3 aromatic rings. The Morgan fingerprint density at radius 3 is 1.03 bits per heavy atom. The van der Waals surface area contributed by atoms with E-state index in [0.29, 0.717) is 29.0 Å². The van der Waals surface area contributed by atoms with Crippen LogP contribution in [0.4, 0.5) is 0 Å². The minimum absolute atomic E-state index is 0.587. The molecule has 2 aromatic heterocycles. The van der Waals surface area contributed by atoms with Crippen molar-refractivity contribution in [3.63, 3.8) is 0 Å². The van der Waals surface area contributed by atoms with Crippen LogP contribution in [0.15, 0.2) is 24.3 Å². The monoisotopic (exact) mass is 622 g/mol. The summed E-state index contributed by atoms with van der Waals surface area (Å²) in [5.74, 6) is 0. The van der Waals surface area contributed by atoms with Crippen molar-refractivity contribution < 1.29 is 0 Å². The molecule has 0 aliphatic carbocycles. The second-order valence-corrected chi connectivity index (χ2v) is 16.1. The van der Waals surface area contributed by atoms with Gasteiger partial charge in [0.15, 0.2) is 0 Å². The molecule has 3 rings (SSSR count). The van der Waals surface area contributed by atoms with E-state index in [4.69, 9.17) is 0 Å².